The van der Waals surface area contributed by atoms with Crippen LogP contribution in [0.4, 0.5) is 0 Å². The van der Waals surface area contributed by atoms with Gasteiger partial charge in [0.15, 0.2) is 0 Å². The Bertz CT molecular complexity index is 666. The Morgan fingerprint density at radius 2 is 1.96 bits per heavy atom. The molecule has 24 heavy (non-hydrogen) atoms. The third kappa shape index (κ3) is 3.11. The van der Waals surface area contributed by atoms with Gasteiger partial charge >= 0.3 is 0 Å². The summed E-state index contributed by atoms with van der Waals surface area (Å²) >= 11 is 0. The van der Waals surface area contributed by atoms with E-state index in [4.69, 9.17) is 9.26 Å². The van der Waals surface area contributed by atoms with Crippen LogP contribution in [0.15, 0.2) is 34.9 Å². The molecule has 0 spiro atoms. The number of ether oxygens (including phenoxy) is 1. The number of morpholine rings is 1. The van der Waals surface area contributed by atoms with Gasteiger partial charge < -0.3 is 9.26 Å². The number of aromatic nitrogens is 1. The van der Waals surface area contributed by atoms with E-state index in [9.17, 15) is 0 Å². The van der Waals surface area contributed by atoms with Crippen LogP contribution in [-0.4, -0.2) is 53.3 Å². The first-order valence-electron chi connectivity index (χ1n) is 8.74. The quantitative estimate of drug-likeness (QED) is 0.862. The SMILES string of the molecule is Cc1noc(C)c1CN1C[C@@H]2[C@@H](C1)OCCN2Cc1ccccc1. The van der Waals surface area contributed by atoms with Gasteiger partial charge in [0.05, 0.1) is 24.4 Å². The summed E-state index contributed by atoms with van der Waals surface area (Å²) in [5.74, 6) is 0.935. The Morgan fingerprint density at radius 3 is 2.71 bits per heavy atom. The minimum absolute atomic E-state index is 0.308. The maximum Gasteiger partial charge on any atom is 0.138 e. The van der Waals surface area contributed by atoms with Crippen molar-refractivity contribution in [3.8, 4) is 0 Å². The van der Waals surface area contributed by atoms with E-state index in [0.29, 0.717) is 12.1 Å². The molecule has 2 aromatic rings. The van der Waals surface area contributed by atoms with Gasteiger partial charge in [0.2, 0.25) is 0 Å². The summed E-state index contributed by atoms with van der Waals surface area (Å²) in [6.07, 6.45) is 0.308. The summed E-state index contributed by atoms with van der Waals surface area (Å²) in [6, 6.07) is 11.2. The molecule has 0 N–H and O–H groups in total. The first kappa shape index (κ1) is 15.8. The van der Waals surface area contributed by atoms with Gasteiger partial charge in [-0.25, -0.2) is 0 Å². The fourth-order valence-electron chi connectivity index (χ4n) is 3.93. The predicted octanol–water partition coefficient (Wildman–Crippen LogP) is 2.38. The Labute approximate surface area is 143 Å². The van der Waals surface area contributed by atoms with E-state index in [2.05, 4.69) is 45.3 Å². The molecular formula is C19H25N3O2. The highest BCUT2D eigenvalue weighted by atomic mass is 16.5. The highest BCUT2D eigenvalue weighted by Gasteiger charge is 2.40. The van der Waals surface area contributed by atoms with Crippen molar-refractivity contribution in [3.63, 3.8) is 0 Å². The van der Waals surface area contributed by atoms with Gasteiger partial charge in [0.1, 0.15) is 5.76 Å². The molecule has 0 saturated carbocycles. The fourth-order valence-corrected chi connectivity index (χ4v) is 3.93. The predicted molar refractivity (Wildman–Crippen MR) is 91.6 cm³/mol. The molecule has 0 bridgehead atoms. The van der Waals surface area contributed by atoms with Crippen molar-refractivity contribution < 1.29 is 9.26 Å². The lowest BCUT2D eigenvalue weighted by Gasteiger charge is -2.37. The Morgan fingerprint density at radius 1 is 1.12 bits per heavy atom. The van der Waals surface area contributed by atoms with E-state index in [0.717, 1.165) is 50.8 Å². The molecule has 2 aliphatic rings. The number of hydrogen-bond donors (Lipinski definition) is 0. The zero-order chi connectivity index (χ0) is 16.5. The van der Waals surface area contributed by atoms with Crippen LogP contribution >= 0.6 is 0 Å². The third-order valence-electron chi connectivity index (χ3n) is 5.28. The number of nitrogens with zero attached hydrogens (tertiary/aromatic N) is 3. The number of fused-ring (bicyclic) bond motifs is 1. The Kier molecular flexibility index (Phi) is 4.39. The van der Waals surface area contributed by atoms with Gasteiger partial charge in [-0.2, -0.15) is 0 Å². The van der Waals surface area contributed by atoms with Crippen LogP contribution in [0, 0.1) is 13.8 Å². The van der Waals surface area contributed by atoms with Crippen LogP contribution in [-0.2, 0) is 17.8 Å². The lowest BCUT2D eigenvalue weighted by Crippen LogP contribution is -2.50. The van der Waals surface area contributed by atoms with Crippen LogP contribution in [0.25, 0.3) is 0 Å². The zero-order valence-electron chi connectivity index (χ0n) is 14.4. The maximum absolute atomic E-state index is 6.06. The lowest BCUT2D eigenvalue weighted by atomic mass is 10.1. The van der Waals surface area contributed by atoms with Gasteiger partial charge in [-0.3, -0.25) is 9.80 Å². The summed E-state index contributed by atoms with van der Waals surface area (Å²) in [5.41, 5.74) is 3.61. The molecule has 0 radical (unpaired) electrons. The van der Waals surface area contributed by atoms with E-state index in [1.807, 2.05) is 13.8 Å². The smallest absolute Gasteiger partial charge is 0.138 e. The fraction of sp³-hybridized carbons (Fsp3) is 0.526. The molecule has 1 aromatic carbocycles. The minimum atomic E-state index is 0.308. The number of benzene rings is 1. The average Bonchev–Trinajstić information content (AvgIpc) is 3.15. The monoisotopic (exact) mass is 327 g/mol. The van der Waals surface area contributed by atoms with E-state index in [1.54, 1.807) is 0 Å². The van der Waals surface area contributed by atoms with Crippen LogP contribution in [0.2, 0.25) is 0 Å². The standard InChI is InChI=1S/C19H25N3O2/c1-14-17(15(2)24-20-14)11-21-12-18-19(13-21)23-9-8-22(18)10-16-6-4-3-5-7-16/h3-7,18-19H,8-13H2,1-2H3/t18-,19-/m1/s1. The summed E-state index contributed by atoms with van der Waals surface area (Å²) in [5, 5.41) is 4.08. The van der Waals surface area contributed by atoms with Crippen molar-refractivity contribution in [2.45, 2.75) is 39.1 Å². The molecule has 5 nitrogen and oxygen atoms in total. The molecular weight excluding hydrogens is 302 g/mol. The molecule has 0 aliphatic carbocycles. The normalized spacial score (nSPS) is 25.1. The summed E-state index contributed by atoms with van der Waals surface area (Å²) < 4.78 is 11.4. The van der Waals surface area contributed by atoms with Crippen molar-refractivity contribution in [1.82, 2.24) is 15.0 Å². The van der Waals surface area contributed by atoms with Gasteiger partial charge in [0, 0.05) is 38.3 Å². The third-order valence-corrected chi connectivity index (χ3v) is 5.28. The molecule has 0 amide bonds. The molecule has 5 heteroatoms. The van der Waals surface area contributed by atoms with Crippen molar-refractivity contribution in [1.29, 1.82) is 0 Å². The van der Waals surface area contributed by atoms with Crippen LogP contribution in [0.1, 0.15) is 22.6 Å². The van der Waals surface area contributed by atoms with Crippen molar-refractivity contribution >= 4 is 0 Å². The van der Waals surface area contributed by atoms with Crippen molar-refractivity contribution in [2.24, 2.45) is 0 Å². The number of rotatable bonds is 4. The van der Waals surface area contributed by atoms with E-state index in [-0.39, 0.29) is 0 Å². The van der Waals surface area contributed by atoms with E-state index < -0.39 is 0 Å². The topological polar surface area (TPSA) is 41.7 Å². The van der Waals surface area contributed by atoms with Crippen LogP contribution in [0.3, 0.4) is 0 Å². The highest BCUT2D eigenvalue weighted by Crippen LogP contribution is 2.26. The molecule has 2 fully saturated rings. The molecule has 2 atom stereocenters. The molecule has 2 aliphatic heterocycles. The van der Waals surface area contributed by atoms with Crippen LogP contribution in [0.5, 0.6) is 0 Å². The first-order valence-corrected chi connectivity index (χ1v) is 8.74. The summed E-state index contributed by atoms with van der Waals surface area (Å²) in [4.78, 5) is 5.06. The number of hydrogen-bond acceptors (Lipinski definition) is 5. The largest absolute Gasteiger partial charge is 0.374 e. The molecule has 4 rings (SSSR count). The Balaban J connectivity index is 1.44. The van der Waals surface area contributed by atoms with Gasteiger partial charge in [-0.15, -0.1) is 0 Å². The molecule has 0 unspecified atom stereocenters. The van der Waals surface area contributed by atoms with Crippen molar-refractivity contribution in [2.75, 3.05) is 26.2 Å². The summed E-state index contributed by atoms with van der Waals surface area (Å²) in [6.45, 7) is 9.79. The second kappa shape index (κ2) is 6.67. The number of likely N-dealkylation sites (tertiary alicyclic amines) is 1. The van der Waals surface area contributed by atoms with E-state index in [1.165, 1.54) is 11.1 Å². The van der Waals surface area contributed by atoms with Crippen LogP contribution < -0.4 is 0 Å². The van der Waals surface area contributed by atoms with E-state index >= 15 is 0 Å². The zero-order valence-corrected chi connectivity index (χ0v) is 14.4. The Hall–Kier alpha value is -1.69. The second-order valence-electron chi connectivity index (χ2n) is 6.93. The van der Waals surface area contributed by atoms with Crippen molar-refractivity contribution in [3.05, 3.63) is 52.9 Å². The first-order chi connectivity index (χ1) is 11.7. The van der Waals surface area contributed by atoms with Gasteiger partial charge in [-0.05, 0) is 19.4 Å². The molecule has 2 saturated heterocycles. The van der Waals surface area contributed by atoms with Gasteiger partial charge in [-0.1, -0.05) is 35.5 Å². The number of aryl methyl sites for hydroxylation is 2. The second-order valence-corrected chi connectivity index (χ2v) is 6.93. The molecule has 1 aromatic heterocycles. The molecule has 3 heterocycles. The summed E-state index contributed by atoms with van der Waals surface area (Å²) in [7, 11) is 0. The van der Waals surface area contributed by atoms with Gasteiger partial charge in [0.25, 0.3) is 0 Å². The maximum atomic E-state index is 6.06. The highest BCUT2D eigenvalue weighted by molar-refractivity contribution is 5.21. The average molecular weight is 327 g/mol. The molecule has 128 valence electrons. The lowest BCUT2D eigenvalue weighted by molar-refractivity contribution is -0.0504. The minimum Gasteiger partial charge on any atom is -0.374 e.